The van der Waals surface area contributed by atoms with E-state index in [1.807, 2.05) is 20.8 Å². The van der Waals surface area contributed by atoms with E-state index in [-0.39, 0.29) is 24.4 Å². The fourth-order valence-electron chi connectivity index (χ4n) is 4.12. The summed E-state index contributed by atoms with van der Waals surface area (Å²) >= 11 is 0. The van der Waals surface area contributed by atoms with E-state index in [0.29, 0.717) is 65.0 Å². The summed E-state index contributed by atoms with van der Waals surface area (Å²) in [5.41, 5.74) is 2.08. The van der Waals surface area contributed by atoms with Gasteiger partial charge in [0.1, 0.15) is 25.5 Å². The smallest absolute Gasteiger partial charge is 0.255 e. The number of rotatable bonds is 7. The summed E-state index contributed by atoms with van der Waals surface area (Å²) in [7, 11) is 0. The van der Waals surface area contributed by atoms with Crippen LogP contribution in [0.1, 0.15) is 37.2 Å². The molecular formula is C26H27N5O5. The highest BCUT2D eigenvalue weighted by molar-refractivity contribution is 6.08. The predicted octanol–water partition coefficient (Wildman–Crippen LogP) is 4.14. The van der Waals surface area contributed by atoms with Crippen LogP contribution in [0.5, 0.6) is 11.5 Å². The molecule has 2 amide bonds. The largest absolute Gasteiger partial charge is 0.486 e. The minimum Gasteiger partial charge on any atom is -0.486 e. The Labute approximate surface area is 207 Å². The second kappa shape index (κ2) is 9.73. The van der Waals surface area contributed by atoms with Crippen LogP contribution in [0.4, 0.5) is 5.69 Å². The molecule has 0 bridgehead atoms. The van der Waals surface area contributed by atoms with Crippen LogP contribution in [0.15, 0.2) is 53.3 Å². The molecule has 5 rings (SSSR count). The number of hydrogen-bond acceptors (Lipinski definition) is 7. The van der Waals surface area contributed by atoms with Crippen LogP contribution >= 0.6 is 0 Å². The highest BCUT2D eigenvalue weighted by Gasteiger charge is 2.24. The lowest BCUT2D eigenvalue weighted by Crippen LogP contribution is -2.38. The van der Waals surface area contributed by atoms with Crippen LogP contribution in [0.2, 0.25) is 0 Å². The number of amides is 2. The van der Waals surface area contributed by atoms with Crippen LogP contribution in [0.25, 0.3) is 22.5 Å². The summed E-state index contributed by atoms with van der Waals surface area (Å²) in [5, 5.41) is 7.91. The fraction of sp³-hybridized carbons (Fsp3) is 0.308. The molecule has 0 saturated heterocycles. The van der Waals surface area contributed by atoms with Gasteiger partial charge in [-0.25, -0.2) is 9.67 Å². The average molecular weight is 490 g/mol. The molecule has 0 fully saturated rings. The lowest BCUT2D eigenvalue weighted by Gasteiger charge is -2.22. The SMILES string of the molecule is CCN(CC(=O)Nc1ccc2c(c1)OCCO2)C(=O)c1cc(-c2ccco2)nc2c1cnn2C(C)C. The second-order valence-electron chi connectivity index (χ2n) is 8.68. The zero-order valence-corrected chi connectivity index (χ0v) is 20.4. The molecule has 1 N–H and O–H groups in total. The Kier molecular flexibility index (Phi) is 6.32. The maximum atomic E-state index is 13.7. The van der Waals surface area contributed by atoms with Crippen molar-refractivity contribution in [3.05, 3.63) is 54.4 Å². The highest BCUT2D eigenvalue weighted by Crippen LogP contribution is 2.32. The number of fused-ring (bicyclic) bond motifs is 2. The lowest BCUT2D eigenvalue weighted by molar-refractivity contribution is -0.116. The van der Waals surface area contributed by atoms with Crippen LogP contribution in [-0.4, -0.2) is 57.8 Å². The van der Waals surface area contributed by atoms with Crippen molar-refractivity contribution in [1.29, 1.82) is 0 Å². The first-order chi connectivity index (χ1) is 17.4. The van der Waals surface area contributed by atoms with Gasteiger partial charge >= 0.3 is 0 Å². The van der Waals surface area contributed by atoms with E-state index in [9.17, 15) is 9.59 Å². The van der Waals surface area contributed by atoms with E-state index >= 15 is 0 Å². The van der Waals surface area contributed by atoms with Gasteiger partial charge in [0.2, 0.25) is 5.91 Å². The first-order valence-corrected chi connectivity index (χ1v) is 11.9. The number of hydrogen-bond donors (Lipinski definition) is 1. The zero-order chi connectivity index (χ0) is 25.2. The zero-order valence-electron chi connectivity index (χ0n) is 20.4. The number of anilines is 1. The van der Waals surface area contributed by atoms with Gasteiger partial charge in [0.15, 0.2) is 22.9 Å². The summed E-state index contributed by atoms with van der Waals surface area (Å²) in [6, 6.07) is 10.5. The third-order valence-electron chi connectivity index (χ3n) is 5.89. The van der Waals surface area contributed by atoms with Crippen LogP contribution in [0.3, 0.4) is 0 Å². The van der Waals surface area contributed by atoms with E-state index in [1.54, 1.807) is 53.5 Å². The van der Waals surface area contributed by atoms with E-state index in [4.69, 9.17) is 18.9 Å². The van der Waals surface area contributed by atoms with E-state index in [0.717, 1.165) is 0 Å². The van der Waals surface area contributed by atoms with Crippen molar-refractivity contribution >= 4 is 28.5 Å². The number of benzene rings is 1. The van der Waals surface area contributed by atoms with Crippen LogP contribution < -0.4 is 14.8 Å². The van der Waals surface area contributed by atoms with Gasteiger partial charge in [-0.15, -0.1) is 0 Å². The number of pyridine rings is 1. The Morgan fingerprint density at radius 2 is 1.94 bits per heavy atom. The number of nitrogens with zero attached hydrogens (tertiary/aromatic N) is 4. The highest BCUT2D eigenvalue weighted by atomic mass is 16.6. The monoisotopic (exact) mass is 489 g/mol. The van der Waals surface area contributed by atoms with Crippen molar-refractivity contribution < 1.29 is 23.5 Å². The number of nitrogens with one attached hydrogen (secondary N) is 1. The Morgan fingerprint density at radius 3 is 2.67 bits per heavy atom. The number of likely N-dealkylation sites (N-methyl/N-ethyl adjacent to an activating group) is 1. The Balaban J connectivity index is 1.41. The Morgan fingerprint density at radius 1 is 1.14 bits per heavy atom. The first-order valence-electron chi connectivity index (χ1n) is 11.9. The lowest BCUT2D eigenvalue weighted by atomic mass is 10.1. The molecule has 4 aromatic rings. The maximum absolute atomic E-state index is 13.7. The van der Waals surface area contributed by atoms with Crippen molar-refractivity contribution in [2.45, 2.75) is 26.8 Å². The molecule has 0 saturated carbocycles. The molecule has 3 aromatic heterocycles. The maximum Gasteiger partial charge on any atom is 0.255 e. The summed E-state index contributed by atoms with van der Waals surface area (Å²) < 4.78 is 18.4. The standard InChI is InChI=1S/C26H27N5O5/c1-4-30(15-24(32)28-17-7-8-22-23(12-17)36-11-10-35-22)26(33)18-13-20(21-6-5-9-34-21)29-25-19(18)14-27-31(25)16(2)3/h5-9,12-14,16H,4,10-11,15H2,1-3H3,(H,28,32). The Hall–Kier alpha value is -4.34. The molecule has 0 atom stereocenters. The minimum absolute atomic E-state index is 0.0452. The van der Waals surface area contributed by atoms with E-state index in [2.05, 4.69) is 10.4 Å². The molecule has 36 heavy (non-hydrogen) atoms. The number of furan rings is 1. The van der Waals surface area contributed by atoms with Gasteiger partial charge in [-0.1, -0.05) is 0 Å². The van der Waals surface area contributed by atoms with Gasteiger partial charge < -0.3 is 24.1 Å². The van der Waals surface area contributed by atoms with Gasteiger partial charge in [0.05, 0.1) is 23.4 Å². The van der Waals surface area contributed by atoms with Gasteiger partial charge in [-0.05, 0) is 51.1 Å². The third kappa shape index (κ3) is 4.49. The number of carbonyl (C=O) groups excluding carboxylic acids is 2. The Bertz CT molecular complexity index is 1410. The predicted molar refractivity (Wildman–Crippen MR) is 133 cm³/mol. The molecule has 0 aliphatic carbocycles. The van der Waals surface area contributed by atoms with Crippen molar-refractivity contribution in [3.8, 4) is 23.0 Å². The molecule has 10 nitrogen and oxygen atoms in total. The number of carbonyl (C=O) groups is 2. The van der Waals surface area contributed by atoms with Crippen molar-refractivity contribution in [2.75, 3.05) is 31.6 Å². The van der Waals surface area contributed by atoms with Crippen LogP contribution in [-0.2, 0) is 4.79 Å². The first kappa shape index (κ1) is 23.4. The number of aromatic nitrogens is 3. The molecule has 1 aromatic carbocycles. The van der Waals surface area contributed by atoms with Gasteiger partial charge in [0.25, 0.3) is 5.91 Å². The minimum atomic E-state index is -0.323. The number of ether oxygens (including phenoxy) is 2. The molecule has 186 valence electrons. The molecule has 10 heteroatoms. The molecular weight excluding hydrogens is 462 g/mol. The van der Waals surface area contributed by atoms with Crippen LogP contribution in [0, 0.1) is 0 Å². The summed E-state index contributed by atoms with van der Waals surface area (Å²) in [5.74, 6) is 1.14. The topological polar surface area (TPSA) is 112 Å². The fourth-order valence-corrected chi connectivity index (χ4v) is 4.12. The van der Waals surface area contributed by atoms with Gasteiger partial charge in [-0.2, -0.15) is 5.10 Å². The normalized spacial score (nSPS) is 12.7. The van der Waals surface area contributed by atoms with E-state index < -0.39 is 0 Å². The molecule has 0 unspecified atom stereocenters. The molecule has 1 aliphatic heterocycles. The van der Waals surface area contributed by atoms with Crippen molar-refractivity contribution in [1.82, 2.24) is 19.7 Å². The van der Waals surface area contributed by atoms with Gasteiger partial charge in [-0.3, -0.25) is 9.59 Å². The molecule has 4 heterocycles. The summed E-state index contributed by atoms with van der Waals surface area (Å²) in [6.07, 6.45) is 3.20. The third-order valence-corrected chi connectivity index (χ3v) is 5.89. The van der Waals surface area contributed by atoms with Gasteiger partial charge in [0, 0.05) is 24.3 Å². The second-order valence-corrected chi connectivity index (χ2v) is 8.68. The van der Waals surface area contributed by atoms with E-state index in [1.165, 1.54) is 4.90 Å². The molecule has 0 spiro atoms. The molecule has 0 radical (unpaired) electrons. The molecule has 1 aliphatic rings. The van der Waals surface area contributed by atoms with Crippen molar-refractivity contribution in [2.24, 2.45) is 0 Å². The summed E-state index contributed by atoms with van der Waals surface area (Å²) in [6.45, 7) is 6.99. The average Bonchev–Trinajstić information content (AvgIpc) is 3.56. The summed E-state index contributed by atoms with van der Waals surface area (Å²) in [4.78, 5) is 32.8. The quantitative estimate of drug-likeness (QED) is 0.415. The van der Waals surface area contributed by atoms with Crippen molar-refractivity contribution in [3.63, 3.8) is 0 Å².